The Kier molecular flexibility index (Phi) is 8.00. The van der Waals surface area contributed by atoms with Crippen molar-refractivity contribution in [2.45, 2.75) is 38.8 Å². The van der Waals surface area contributed by atoms with Gasteiger partial charge < -0.3 is 9.47 Å². The average molecular weight is 552 g/mol. The summed E-state index contributed by atoms with van der Waals surface area (Å²) in [5.74, 6) is 4.93. The molecule has 0 radical (unpaired) electrons. The van der Waals surface area contributed by atoms with Crippen LogP contribution in [0.2, 0.25) is 5.02 Å². The van der Waals surface area contributed by atoms with E-state index < -0.39 is 29.5 Å². The molecule has 12 heteroatoms. The number of nitrogens with zero attached hydrogens (tertiary/aromatic N) is 2. The van der Waals surface area contributed by atoms with Crippen molar-refractivity contribution in [1.29, 1.82) is 0 Å². The lowest BCUT2D eigenvalue weighted by Gasteiger charge is -2.28. The van der Waals surface area contributed by atoms with Crippen LogP contribution in [0.4, 0.5) is 13.2 Å². The fourth-order valence-electron chi connectivity index (χ4n) is 4.34. The van der Waals surface area contributed by atoms with Gasteiger partial charge in [-0.25, -0.2) is 10.7 Å². The van der Waals surface area contributed by atoms with Gasteiger partial charge in [0.1, 0.15) is 17.3 Å². The minimum Gasteiger partial charge on any atom is -0.461 e. The third-order valence-electron chi connectivity index (χ3n) is 6.15. The molecule has 0 amide bonds. The molecule has 0 bridgehead atoms. The Bertz CT molecular complexity index is 1460. The van der Waals surface area contributed by atoms with E-state index in [1.807, 2.05) is 12.1 Å². The molecule has 1 heterocycles. The molecule has 38 heavy (non-hydrogen) atoms. The van der Waals surface area contributed by atoms with Crippen molar-refractivity contribution in [3.63, 3.8) is 0 Å². The Labute approximate surface area is 220 Å². The first-order valence-corrected chi connectivity index (χ1v) is 12.0. The summed E-state index contributed by atoms with van der Waals surface area (Å²) in [5.41, 5.74) is 0.621. The first-order valence-electron chi connectivity index (χ1n) is 11.6. The van der Waals surface area contributed by atoms with Crippen molar-refractivity contribution in [3.8, 4) is 11.5 Å². The zero-order valence-electron chi connectivity index (χ0n) is 20.5. The third-order valence-corrected chi connectivity index (χ3v) is 6.41. The van der Waals surface area contributed by atoms with E-state index >= 15 is 0 Å². The highest BCUT2D eigenvalue weighted by atomic mass is 35.5. The summed E-state index contributed by atoms with van der Waals surface area (Å²) in [6.45, 7) is 1.73. The number of alkyl halides is 3. The molecule has 2 atom stereocenters. The molecular weight excluding hydrogens is 527 g/mol. The van der Waals surface area contributed by atoms with Gasteiger partial charge in [0.25, 0.3) is 5.56 Å². The van der Waals surface area contributed by atoms with Crippen LogP contribution >= 0.6 is 11.6 Å². The van der Waals surface area contributed by atoms with Gasteiger partial charge in [0.15, 0.2) is 0 Å². The third kappa shape index (κ3) is 6.29. The zero-order chi connectivity index (χ0) is 27.6. The number of hydrogen-bond acceptors (Lipinski definition) is 6. The molecule has 1 aromatic heterocycles. The van der Waals surface area contributed by atoms with Gasteiger partial charge in [-0.3, -0.25) is 18.8 Å². The van der Waals surface area contributed by atoms with Crippen LogP contribution in [0.1, 0.15) is 23.7 Å². The number of hydrogen-bond donors (Lipinski definition) is 1. The van der Waals surface area contributed by atoms with Gasteiger partial charge in [-0.05, 0) is 49.6 Å². The Morgan fingerprint density at radius 3 is 2.47 bits per heavy atom. The molecule has 2 aromatic carbocycles. The predicted molar refractivity (Wildman–Crippen MR) is 135 cm³/mol. The van der Waals surface area contributed by atoms with E-state index in [0.29, 0.717) is 28.5 Å². The maximum atomic E-state index is 13.1. The molecule has 0 aliphatic heterocycles. The molecule has 4 rings (SSSR count). The van der Waals surface area contributed by atoms with Crippen molar-refractivity contribution >= 4 is 17.7 Å². The van der Waals surface area contributed by atoms with E-state index in [4.69, 9.17) is 27.1 Å². The molecule has 1 aliphatic rings. The normalized spacial score (nSPS) is 16.0. The van der Waals surface area contributed by atoms with Crippen molar-refractivity contribution < 1.29 is 27.5 Å². The molecule has 0 saturated heterocycles. The highest BCUT2D eigenvalue weighted by molar-refractivity contribution is 6.30. The summed E-state index contributed by atoms with van der Waals surface area (Å²) in [6.07, 6.45) is -3.19. The molecule has 8 nitrogen and oxygen atoms in total. The van der Waals surface area contributed by atoms with Crippen LogP contribution in [0.15, 0.2) is 63.9 Å². The van der Waals surface area contributed by atoms with Crippen LogP contribution in [0.3, 0.4) is 0 Å². The second kappa shape index (κ2) is 11.1. The maximum absolute atomic E-state index is 13.1. The molecular formula is C26H25ClF3N3O5. The van der Waals surface area contributed by atoms with E-state index in [2.05, 4.69) is 4.74 Å². The second-order valence-corrected chi connectivity index (χ2v) is 9.41. The number of aromatic nitrogens is 2. The fraction of sp³-hybridized carbons (Fsp3) is 0.308. The first-order chi connectivity index (χ1) is 17.9. The van der Waals surface area contributed by atoms with Gasteiger partial charge in [-0.1, -0.05) is 29.8 Å². The van der Waals surface area contributed by atoms with Crippen molar-refractivity contribution in [2.75, 3.05) is 0 Å². The Morgan fingerprint density at radius 1 is 1.13 bits per heavy atom. The van der Waals surface area contributed by atoms with Gasteiger partial charge in [-0.15, -0.1) is 13.2 Å². The summed E-state index contributed by atoms with van der Waals surface area (Å²) in [6, 6.07) is 12.3. The van der Waals surface area contributed by atoms with Gasteiger partial charge in [0, 0.05) is 35.7 Å². The number of ether oxygens (including phenoxy) is 2. The number of halogens is 4. The monoisotopic (exact) mass is 551 g/mol. The van der Waals surface area contributed by atoms with Crippen LogP contribution in [0, 0.1) is 5.92 Å². The number of rotatable bonds is 8. The SMILES string of the molecule is CC(Cn1c2c(c(=O)n(C)c1=O)CC(Cc1ccc(Cl)cc1)C(Oc1cccc(OC(F)(F)F)c1)=C2)ON. The lowest BCUT2D eigenvalue weighted by atomic mass is 9.86. The molecule has 0 spiro atoms. The quantitative estimate of drug-likeness (QED) is 0.421. The minimum atomic E-state index is -4.86. The largest absolute Gasteiger partial charge is 0.573 e. The molecule has 1 aliphatic carbocycles. The van der Waals surface area contributed by atoms with E-state index in [1.54, 1.807) is 25.1 Å². The summed E-state index contributed by atoms with van der Waals surface area (Å²) in [7, 11) is 1.39. The Hall–Kier alpha value is -3.54. The van der Waals surface area contributed by atoms with E-state index in [-0.39, 0.29) is 24.6 Å². The highest BCUT2D eigenvalue weighted by Crippen LogP contribution is 2.33. The molecule has 2 unspecified atom stereocenters. The molecule has 202 valence electrons. The lowest BCUT2D eigenvalue weighted by Crippen LogP contribution is -2.44. The predicted octanol–water partition coefficient (Wildman–Crippen LogP) is 4.21. The standard InChI is InChI=1S/C26H25ClF3N3O5/c1-15(38-31)14-33-22-13-23(36-19-4-3-5-20(12-19)37-26(28,29)30)17(10-16-6-8-18(27)9-7-16)11-21(22)24(34)32(2)25(33)35/h3-9,12-13,15,17H,10-11,14,31H2,1-2H3. The number of nitrogens with two attached hydrogens (primary N) is 1. The Balaban J connectivity index is 1.80. The van der Waals surface area contributed by atoms with Crippen LogP contribution in [0.25, 0.3) is 6.08 Å². The van der Waals surface area contributed by atoms with Gasteiger partial charge in [-0.2, -0.15) is 0 Å². The van der Waals surface area contributed by atoms with Crippen LogP contribution < -0.4 is 26.6 Å². The summed E-state index contributed by atoms with van der Waals surface area (Å²) in [5, 5.41) is 0.561. The van der Waals surface area contributed by atoms with Crippen molar-refractivity contribution in [1.82, 2.24) is 9.13 Å². The summed E-state index contributed by atoms with van der Waals surface area (Å²) < 4.78 is 50.7. The van der Waals surface area contributed by atoms with Crippen LogP contribution in [-0.2, 0) is 31.3 Å². The van der Waals surface area contributed by atoms with E-state index in [0.717, 1.165) is 22.3 Å². The van der Waals surface area contributed by atoms with Crippen molar-refractivity contribution in [3.05, 3.63) is 97.0 Å². The van der Waals surface area contributed by atoms with Gasteiger partial charge in [0.05, 0.1) is 18.3 Å². The van der Waals surface area contributed by atoms with E-state index in [1.165, 1.54) is 23.7 Å². The minimum absolute atomic E-state index is 0.0618. The number of fused-ring (bicyclic) bond motifs is 1. The fourth-order valence-corrected chi connectivity index (χ4v) is 4.47. The molecule has 0 fully saturated rings. The van der Waals surface area contributed by atoms with Crippen molar-refractivity contribution in [2.24, 2.45) is 18.9 Å². The summed E-state index contributed by atoms with van der Waals surface area (Å²) >= 11 is 6.02. The maximum Gasteiger partial charge on any atom is 0.573 e. The number of benzene rings is 2. The molecule has 0 saturated carbocycles. The van der Waals surface area contributed by atoms with Crippen LogP contribution in [0.5, 0.6) is 11.5 Å². The second-order valence-electron chi connectivity index (χ2n) is 8.97. The lowest BCUT2D eigenvalue weighted by molar-refractivity contribution is -0.274. The van der Waals surface area contributed by atoms with E-state index in [9.17, 15) is 22.8 Å². The number of allylic oxidation sites excluding steroid dienone is 1. The van der Waals surface area contributed by atoms with Gasteiger partial charge in [0.2, 0.25) is 0 Å². The van der Waals surface area contributed by atoms with Crippen LogP contribution in [-0.4, -0.2) is 21.6 Å². The smallest absolute Gasteiger partial charge is 0.461 e. The van der Waals surface area contributed by atoms with Gasteiger partial charge >= 0.3 is 12.1 Å². The first kappa shape index (κ1) is 27.5. The highest BCUT2D eigenvalue weighted by Gasteiger charge is 2.32. The molecule has 2 N–H and O–H groups in total. The zero-order valence-corrected chi connectivity index (χ0v) is 21.3. The average Bonchev–Trinajstić information content (AvgIpc) is 2.86. The summed E-state index contributed by atoms with van der Waals surface area (Å²) in [4.78, 5) is 30.9. The topological polar surface area (TPSA) is 97.7 Å². The molecule has 3 aromatic rings. The Morgan fingerprint density at radius 2 is 1.82 bits per heavy atom.